The molecule has 3 heterocycles. The van der Waals surface area contributed by atoms with E-state index in [0.717, 1.165) is 17.8 Å². The van der Waals surface area contributed by atoms with E-state index in [1.807, 2.05) is 26.8 Å². The van der Waals surface area contributed by atoms with Gasteiger partial charge in [0.05, 0.1) is 33.8 Å². The molecule has 4 rings (SSSR count). The van der Waals surface area contributed by atoms with Gasteiger partial charge in [0.25, 0.3) is 11.8 Å². The van der Waals surface area contributed by atoms with E-state index >= 15 is 0 Å². The molecule has 0 aliphatic rings. The highest BCUT2D eigenvalue weighted by Gasteiger charge is 2.20. The minimum absolute atomic E-state index is 0.0324. The minimum Gasteiger partial charge on any atom is -0.364 e. The average molecular weight is 418 g/mol. The van der Waals surface area contributed by atoms with Crippen LogP contribution in [0.25, 0.3) is 10.9 Å². The molecule has 3 N–H and O–H groups in total. The Morgan fingerprint density at radius 3 is 2.68 bits per heavy atom. The van der Waals surface area contributed by atoms with E-state index in [-0.39, 0.29) is 11.6 Å². The number of benzene rings is 1. The number of anilines is 1. The van der Waals surface area contributed by atoms with Gasteiger partial charge in [-0.05, 0) is 32.4 Å². The molecule has 4 aromatic rings. The molecule has 158 valence electrons. The fourth-order valence-corrected chi connectivity index (χ4v) is 3.45. The van der Waals surface area contributed by atoms with E-state index in [9.17, 15) is 9.59 Å². The molecule has 0 atom stereocenters. The van der Waals surface area contributed by atoms with Crippen LogP contribution in [0.4, 0.5) is 5.69 Å². The highest BCUT2D eigenvalue weighted by Crippen LogP contribution is 2.24. The number of primary amides is 1. The van der Waals surface area contributed by atoms with Gasteiger partial charge in [-0.3, -0.25) is 14.3 Å². The Morgan fingerprint density at radius 2 is 1.97 bits per heavy atom. The molecular formula is C22H22N6O3. The molecule has 0 aliphatic heterocycles. The van der Waals surface area contributed by atoms with Crippen molar-refractivity contribution in [2.45, 2.75) is 33.7 Å². The van der Waals surface area contributed by atoms with Gasteiger partial charge in [-0.25, -0.2) is 4.98 Å². The lowest BCUT2D eigenvalue weighted by molar-refractivity contribution is 0.0996. The standard InChI is InChI=1S/C22H22N6O3/c1-4-14-9-15(31-27-14)11-28-13(3)20(12(2)26-28)25-22(30)17-10-19(21(23)29)24-18-8-6-5-7-16(17)18/h5-10H,4,11H2,1-3H3,(H2,23,29)(H,25,30). The maximum absolute atomic E-state index is 13.2. The van der Waals surface area contributed by atoms with Crippen molar-refractivity contribution in [3.63, 3.8) is 0 Å². The van der Waals surface area contributed by atoms with Crippen LogP contribution in [0.5, 0.6) is 0 Å². The van der Waals surface area contributed by atoms with Crippen molar-refractivity contribution in [1.29, 1.82) is 0 Å². The number of amides is 2. The van der Waals surface area contributed by atoms with Crippen molar-refractivity contribution in [2.75, 3.05) is 5.32 Å². The van der Waals surface area contributed by atoms with Crippen molar-refractivity contribution < 1.29 is 14.1 Å². The number of hydrogen-bond acceptors (Lipinski definition) is 6. The summed E-state index contributed by atoms with van der Waals surface area (Å²) in [7, 11) is 0. The second kappa shape index (κ2) is 8.02. The van der Waals surface area contributed by atoms with Crippen LogP contribution in [0.3, 0.4) is 0 Å². The number of aryl methyl sites for hydroxylation is 2. The van der Waals surface area contributed by atoms with Crippen molar-refractivity contribution in [2.24, 2.45) is 5.73 Å². The summed E-state index contributed by atoms with van der Waals surface area (Å²) < 4.78 is 7.10. The summed E-state index contributed by atoms with van der Waals surface area (Å²) in [6, 6.07) is 10.4. The molecule has 9 nitrogen and oxygen atoms in total. The molecule has 31 heavy (non-hydrogen) atoms. The van der Waals surface area contributed by atoms with Crippen molar-refractivity contribution in [3.8, 4) is 0 Å². The van der Waals surface area contributed by atoms with E-state index in [1.165, 1.54) is 6.07 Å². The molecule has 0 spiro atoms. The SMILES string of the molecule is CCc1cc(Cn2nc(C)c(NC(=O)c3cc(C(N)=O)nc4ccccc34)c2C)on1. The Balaban J connectivity index is 1.66. The zero-order valence-corrected chi connectivity index (χ0v) is 17.5. The van der Waals surface area contributed by atoms with Gasteiger partial charge >= 0.3 is 0 Å². The number of pyridine rings is 1. The summed E-state index contributed by atoms with van der Waals surface area (Å²) >= 11 is 0. The predicted molar refractivity (Wildman–Crippen MR) is 115 cm³/mol. The molecule has 0 saturated heterocycles. The Morgan fingerprint density at radius 1 is 1.19 bits per heavy atom. The largest absolute Gasteiger partial charge is 0.364 e. The summed E-state index contributed by atoms with van der Waals surface area (Å²) in [6.45, 7) is 6.09. The molecule has 0 saturated carbocycles. The number of carbonyl (C=O) groups excluding carboxylic acids is 2. The van der Waals surface area contributed by atoms with Crippen molar-refractivity contribution >= 4 is 28.4 Å². The number of fused-ring (bicyclic) bond motifs is 1. The van der Waals surface area contributed by atoms with Crippen LogP contribution in [0.15, 0.2) is 40.9 Å². The third kappa shape index (κ3) is 3.89. The summed E-state index contributed by atoms with van der Waals surface area (Å²) in [5, 5.41) is 12.1. The van der Waals surface area contributed by atoms with Gasteiger partial charge in [-0.1, -0.05) is 30.3 Å². The first-order valence-electron chi connectivity index (χ1n) is 9.86. The summed E-state index contributed by atoms with van der Waals surface area (Å²) in [5.74, 6) is -0.384. The highest BCUT2D eigenvalue weighted by molar-refractivity contribution is 6.14. The Labute approximate surface area is 178 Å². The van der Waals surface area contributed by atoms with Gasteiger partial charge in [0.15, 0.2) is 5.76 Å². The quantitative estimate of drug-likeness (QED) is 0.495. The first-order valence-corrected chi connectivity index (χ1v) is 9.86. The topological polar surface area (TPSA) is 129 Å². The predicted octanol–water partition coefficient (Wildman–Crippen LogP) is 3.00. The van der Waals surface area contributed by atoms with Gasteiger partial charge in [-0.2, -0.15) is 5.10 Å². The molecule has 2 amide bonds. The highest BCUT2D eigenvalue weighted by atomic mass is 16.5. The zero-order valence-electron chi connectivity index (χ0n) is 17.5. The Kier molecular flexibility index (Phi) is 5.24. The molecule has 9 heteroatoms. The number of aromatic nitrogens is 4. The van der Waals surface area contributed by atoms with E-state index in [4.69, 9.17) is 10.3 Å². The maximum atomic E-state index is 13.2. The van der Waals surface area contributed by atoms with Crippen LogP contribution in [-0.4, -0.2) is 31.7 Å². The molecule has 0 fully saturated rings. The van der Waals surface area contributed by atoms with Crippen molar-refractivity contribution in [3.05, 3.63) is 70.5 Å². The smallest absolute Gasteiger partial charge is 0.267 e. The zero-order chi connectivity index (χ0) is 22.1. The van der Waals surface area contributed by atoms with Crippen LogP contribution in [0.1, 0.15) is 50.6 Å². The van der Waals surface area contributed by atoms with E-state index in [0.29, 0.717) is 40.2 Å². The number of nitrogens with two attached hydrogens (primary N) is 1. The van der Waals surface area contributed by atoms with E-state index in [1.54, 1.807) is 28.9 Å². The fourth-order valence-electron chi connectivity index (χ4n) is 3.45. The second-order valence-corrected chi connectivity index (χ2v) is 7.23. The molecule has 3 aromatic heterocycles. The molecule has 0 unspecified atom stereocenters. The number of para-hydroxylation sites is 1. The maximum Gasteiger partial charge on any atom is 0.267 e. The lowest BCUT2D eigenvalue weighted by Gasteiger charge is -2.10. The Bertz CT molecular complexity index is 1300. The van der Waals surface area contributed by atoms with Crippen molar-refractivity contribution in [1.82, 2.24) is 19.9 Å². The van der Waals surface area contributed by atoms with E-state index < -0.39 is 5.91 Å². The Hall–Kier alpha value is -4.01. The second-order valence-electron chi connectivity index (χ2n) is 7.23. The van der Waals surface area contributed by atoms with E-state index in [2.05, 4.69) is 20.6 Å². The van der Waals surface area contributed by atoms with Crippen LogP contribution in [-0.2, 0) is 13.0 Å². The summed E-state index contributed by atoms with van der Waals surface area (Å²) in [6.07, 6.45) is 0.787. The number of rotatable bonds is 6. The summed E-state index contributed by atoms with van der Waals surface area (Å²) in [4.78, 5) is 29.1. The lowest BCUT2D eigenvalue weighted by Crippen LogP contribution is -2.18. The van der Waals surface area contributed by atoms with Crippen LogP contribution in [0.2, 0.25) is 0 Å². The average Bonchev–Trinajstić information content (AvgIpc) is 3.32. The van der Waals surface area contributed by atoms with Gasteiger partial charge in [0.1, 0.15) is 12.2 Å². The molecule has 1 aromatic carbocycles. The van der Waals surface area contributed by atoms with Gasteiger partial charge in [0.2, 0.25) is 0 Å². The minimum atomic E-state index is -0.696. The molecule has 0 bridgehead atoms. The van der Waals surface area contributed by atoms with Crippen LogP contribution < -0.4 is 11.1 Å². The fraction of sp³-hybridized carbons (Fsp3) is 0.227. The van der Waals surface area contributed by atoms with Gasteiger partial charge in [0, 0.05) is 11.5 Å². The van der Waals surface area contributed by atoms with Gasteiger partial charge in [-0.15, -0.1) is 0 Å². The molecular weight excluding hydrogens is 396 g/mol. The normalized spacial score (nSPS) is 11.1. The third-order valence-electron chi connectivity index (χ3n) is 5.11. The number of carbonyl (C=O) groups is 2. The number of hydrogen-bond donors (Lipinski definition) is 2. The molecule has 0 aliphatic carbocycles. The van der Waals surface area contributed by atoms with Gasteiger partial charge < -0.3 is 15.6 Å². The third-order valence-corrected chi connectivity index (χ3v) is 5.11. The van der Waals surface area contributed by atoms with Crippen LogP contribution in [0, 0.1) is 13.8 Å². The summed E-state index contributed by atoms with van der Waals surface area (Å²) in [5.41, 5.74) is 9.17. The molecule has 0 radical (unpaired) electrons. The lowest BCUT2D eigenvalue weighted by atomic mass is 10.1. The number of nitrogens with zero attached hydrogens (tertiary/aromatic N) is 4. The monoisotopic (exact) mass is 418 g/mol. The number of nitrogens with one attached hydrogen (secondary N) is 1. The first-order chi connectivity index (χ1) is 14.9. The van der Waals surface area contributed by atoms with Crippen LogP contribution >= 0.6 is 0 Å². The first kappa shape index (κ1) is 20.3.